The van der Waals surface area contributed by atoms with E-state index in [0.29, 0.717) is 10.7 Å². The Kier molecular flexibility index (Phi) is 5.00. The minimum atomic E-state index is -1.27. The van der Waals surface area contributed by atoms with Gasteiger partial charge in [0, 0.05) is 11.7 Å². The van der Waals surface area contributed by atoms with Crippen LogP contribution < -0.4 is 10.2 Å². The number of fused-ring (bicyclic) bond motifs is 1. The smallest absolute Gasteiger partial charge is 0.242 e. The summed E-state index contributed by atoms with van der Waals surface area (Å²) in [6.07, 6.45) is 0.778. The average Bonchev–Trinajstić information content (AvgIpc) is 2.93. The van der Waals surface area contributed by atoms with E-state index in [0.717, 1.165) is 17.7 Å². The molecular formula is C20H20Cl2N2O2. The van der Waals surface area contributed by atoms with E-state index in [4.69, 9.17) is 23.2 Å². The van der Waals surface area contributed by atoms with E-state index in [1.165, 1.54) is 0 Å². The zero-order chi connectivity index (χ0) is 19.1. The van der Waals surface area contributed by atoms with Crippen molar-refractivity contribution in [2.75, 3.05) is 10.2 Å². The molecule has 3 rings (SSSR count). The van der Waals surface area contributed by atoms with Crippen molar-refractivity contribution >= 4 is 46.4 Å². The Hall–Kier alpha value is -2.04. The summed E-state index contributed by atoms with van der Waals surface area (Å²) in [5, 5.41) is 3.33. The van der Waals surface area contributed by atoms with E-state index in [-0.39, 0.29) is 17.0 Å². The van der Waals surface area contributed by atoms with Crippen LogP contribution in [0.3, 0.4) is 0 Å². The Morgan fingerprint density at radius 3 is 2.54 bits per heavy atom. The van der Waals surface area contributed by atoms with Crippen LogP contribution >= 0.6 is 23.2 Å². The van der Waals surface area contributed by atoms with Crippen LogP contribution in [0.25, 0.3) is 0 Å². The lowest BCUT2D eigenvalue weighted by atomic mass is 9.89. The van der Waals surface area contributed by atoms with Crippen LogP contribution in [-0.4, -0.2) is 17.9 Å². The highest BCUT2D eigenvalue weighted by Gasteiger charge is 2.43. The van der Waals surface area contributed by atoms with Gasteiger partial charge in [-0.2, -0.15) is 0 Å². The lowest BCUT2D eigenvalue weighted by molar-refractivity contribution is -0.136. The molecular weight excluding hydrogens is 371 g/mol. The topological polar surface area (TPSA) is 49.4 Å². The predicted octanol–water partition coefficient (Wildman–Crippen LogP) is 4.94. The molecule has 4 nitrogen and oxygen atoms in total. The van der Waals surface area contributed by atoms with Crippen LogP contribution in [-0.2, 0) is 16.0 Å². The Bertz CT molecular complexity index is 880. The third-order valence-corrected chi connectivity index (χ3v) is 5.55. The fourth-order valence-corrected chi connectivity index (χ4v) is 3.50. The molecule has 0 radical (unpaired) electrons. The summed E-state index contributed by atoms with van der Waals surface area (Å²) >= 11 is 12.1. The summed E-state index contributed by atoms with van der Waals surface area (Å²) in [4.78, 5) is 27.8. The number of nitrogens with one attached hydrogen (secondary N) is 1. The van der Waals surface area contributed by atoms with Crippen LogP contribution in [0.4, 0.5) is 11.4 Å². The molecule has 0 saturated heterocycles. The van der Waals surface area contributed by atoms with Crippen LogP contribution in [0.2, 0.25) is 10.0 Å². The number of anilines is 2. The van der Waals surface area contributed by atoms with Gasteiger partial charge in [-0.05, 0) is 51.0 Å². The van der Waals surface area contributed by atoms with Gasteiger partial charge in [0.15, 0.2) is 0 Å². The first-order valence-corrected chi connectivity index (χ1v) is 9.16. The molecule has 1 aliphatic heterocycles. The number of hydrogen-bond donors (Lipinski definition) is 1. The maximum absolute atomic E-state index is 13.2. The Balaban J connectivity index is 1.86. The highest BCUT2D eigenvalue weighted by molar-refractivity contribution is 6.44. The van der Waals surface area contributed by atoms with Gasteiger partial charge in [-0.25, -0.2) is 0 Å². The van der Waals surface area contributed by atoms with E-state index in [1.54, 1.807) is 36.9 Å². The standard InChI is InChI=1S/C20H20Cl2N2O2/c1-12-11-13-7-4-5-10-16(13)24(12)19(26)20(2,3)18(25)23-15-9-6-8-14(21)17(15)22/h4-10,12H,11H2,1-3H3,(H,23,25). The van der Waals surface area contributed by atoms with Crippen molar-refractivity contribution in [1.82, 2.24) is 0 Å². The first-order chi connectivity index (χ1) is 12.2. The molecule has 1 aliphatic rings. The summed E-state index contributed by atoms with van der Waals surface area (Å²) in [7, 11) is 0. The van der Waals surface area contributed by atoms with Gasteiger partial charge in [0.2, 0.25) is 11.8 Å². The lowest BCUT2D eigenvalue weighted by Crippen LogP contribution is -2.49. The lowest BCUT2D eigenvalue weighted by Gasteiger charge is -2.31. The number of rotatable bonds is 3. The summed E-state index contributed by atoms with van der Waals surface area (Å²) in [6.45, 7) is 5.23. The fourth-order valence-electron chi connectivity index (χ4n) is 3.15. The average molecular weight is 391 g/mol. The minimum Gasteiger partial charge on any atom is -0.324 e. The molecule has 0 spiro atoms. The molecule has 0 fully saturated rings. The Morgan fingerprint density at radius 1 is 1.12 bits per heavy atom. The molecule has 0 aromatic heterocycles. The number of hydrogen-bond acceptors (Lipinski definition) is 2. The second kappa shape index (κ2) is 6.93. The molecule has 0 bridgehead atoms. The van der Waals surface area contributed by atoms with E-state index < -0.39 is 11.3 Å². The van der Waals surface area contributed by atoms with Crippen molar-refractivity contribution < 1.29 is 9.59 Å². The van der Waals surface area contributed by atoms with Crippen molar-refractivity contribution in [1.29, 1.82) is 0 Å². The molecule has 136 valence electrons. The van der Waals surface area contributed by atoms with Crippen molar-refractivity contribution in [2.45, 2.75) is 33.2 Å². The Morgan fingerprint density at radius 2 is 1.81 bits per heavy atom. The predicted molar refractivity (Wildman–Crippen MR) is 106 cm³/mol. The molecule has 26 heavy (non-hydrogen) atoms. The first-order valence-electron chi connectivity index (χ1n) is 8.40. The van der Waals surface area contributed by atoms with Crippen LogP contribution in [0, 0.1) is 5.41 Å². The van der Waals surface area contributed by atoms with Gasteiger partial charge in [0.1, 0.15) is 5.41 Å². The highest BCUT2D eigenvalue weighted by Crippen LogP contribution is 2.36. The number of carbonyl (C=O) groups excluding carboxylic acids is 2. The Labute approximate surface area is 163 Å². The van der Waals surface area contributed by atoms with Gasteiger partial charge in [0.25, 0.3) is 0 Å². The van der Waals surface area contributed by atoms with Gasteiger partial charge in [-0.3, -0.25) is 9.59 Å². The molecule has 0 aliphatic carbocycles. The maximum atomic E-state index is 13.2. The molecule has 2 aromatic carbocycles. The van der Waals surface area contributed by atoms with Crippen LogP contribution in [0.15, 0.2) is 42.5 Å². The monoisotopic (exact) mass is 390 g/mol. The quantitative estimate of drug-likeness (QED) is 0.754. The third-order valence-electron chi connectivity index (χ3n) is 4.73. The molecule has 1 heterocycles. The van der Waals surface area contributed by atoms with Crippen LogP contribution in [0.1, 0.15) is 26.3 Å². The van der Waals surface area contributed by atoms with Gasteiger partial charge in [0.05, 0.1) is 15.7 Å². The molecule has 1 unspecified atom stereocenters. The number of halogens is 2. The summed E-state index contributed by atoms with van der Waals surface area (Å²) in [5.74, 6) is -0.672. The van der Waals surface area contributed by atoms with E-state index in [9.17, 15) is 9.59 Å². The second-order valence-electron chi connectivity index (χ2n) is 7.04. The highest BCUT2D eigenvalue weighted by atomic mass is 35.5. The molecule has 2 amide bonds. The largest absolute Gasteiger partial charge is 0.324 e. The summed E-state index contributed by atoms with van der Waals surface area (Å²) in [6, 6.07) is 12.8. The first kappa shape index (κ1) is 18.7. The number of nitrogens with zero attached hydrogens (tertiary/aromatic N) is 1. The second-order valence-corrected chi connectivity index (χ2v) is 7.82. The van der Waals surface area contributed by atoms with Crippen molar-refractivity contribution in [3.05, 3.63) is 58.1 Å². The van der Waals surface area contributed by atoms with Crippen molar-refractivity contribution in [3.8, 4) is 0 Å². The SMILES string of the molecule is CC1Cc2ccccc2N1C(=O)C(C)(C)C(=O)Nc1cccc(Cl)c1Cl. The third kappa shape index (κ3) is 3.19. The molecule has 1 N–H and O–H groups in total. The molecule has 2 aromatic rings. The van der Waals surface area contributed by atoms with Gasteiger partial charge >= 0.3 is 0 Å². The molecule has 1 atom stereocenters. The number of para-hydroxylation sites is 1. The number of benzene rings is 2. The van der Waals surface area contributed by atoms with Crippen molar-refractivity contribution in [3.63, 3.8) is 0 Å². The fraction of sp³-hybridized carbons (Fsp3) is 0.300. The van der Waals surface area contributed by atoms with Crippen molar-refractivity contribution in [2.24, 2.45) is 5.41 Å². The minimum absolute atomic E-state index is 0.00160. The number of amides is 2. The molecule has 0 saturated carbocycles. The summed E-state index contributed by atoms with van der Waals surface area (Å²) < 4.78 is 0. The summed E-state index contributed by atoms with van der Waals surface area (Å²) in [5.41, 5.74) is 1.10. The van der Waals surface area contributed by atoms with Crippen LogP contribution in [0.5, 0.6) is 0 Å². The van der Waals surface area contributed by atoms with Gasteiger partial charge < -0.3 is 10.2 Å². The van der Waals surface area contributed by atoms with Gasteiger partial charge in [-0.15, -0.1) is 0 Å². The van der Waals surface area contributed by atoms with Gasteiger partial charge in [-0.1, -0.05) is 47.5 Å². The zero-order valence-corrected chi connectivity index (χ0v) is 16.4. The molecule has 6 heteroatoms. The normalized spacial score (nSPS) is 16.3. The maximum Gasteiger partial charge on any atom is 0.242 e. The zero-order valence-electron chi connectivity index (χ0n) is 14.8. The van der Waals surface area contributed by atoms with E-state index in [2.05, 4.69) is 5.32 Å². The van der Waals surface area contributed by atoms with E-state index in [1.807, 2.05) is 31.2 Å². The van der Waals surface area contributed by atoms with E-state index >= 15 is 0 Å². The number of carbonyl (C=O) groups is 2.